The molecule has 0 fully saturated rings. The quantitative estimate of drug-likeness (QED) is 0.906. The first-order valence-corrected chi connectivity index (χ1v) is 7.26. The van der Waals surface area contributed by atoms with Gasteiger partial charge in [-0.2, -0.15) is 0 Å². The van der Waals surface area contributed by atoms with Crippen LogP contribution >= 0.6 is 11.3 Å². The van der Waals surface area contributed by atoms with Crippen LogP contribution in [0.5, 0.6) is 5.75 Å². The van der Waals surface area contributed by atoms with Crippen LogP contribution in [0.2, 0.25) is 0 Å². The van der Waals surface area contributed by atoms with Gasteiger partial charge in [0.15, 0.2) is 0 Å². The number of likely N-dealkylation sites (N-methyl/N-ethyl adjacent to an activating group) is 1. The third-order valence-corrected chi connectivity index (χ3v) is 4.37. The molecule has 0 amide bonds. The molecule has 1 N–H and O–H groups in total. The highest BCUT2D eigenvalue weighted by Crippen LogP contribution is 2.42. The van der Waals surface area contributed by atoms with Crippen LogP contribution in [0.25, 0.3) is 0 Å². The lowest BCUT2D eigenvalue weighted by molar-refractivity contribution is 0.302. The van der Waals surface area contributed by atoms with Gasteiger partial charge in [0, 0.05) is 16.4 Å². The van der Waals surface area contributed by atoms with Crippen LogP contribution in [0.15, 0.2) is 41.8 Å². The fourth-order valence-corrected chi connectivity index (χ4v) is 3.46. The molecule has 1 aromatic heterocycles. The van der Waals surface area contributed by atoms with E-state index in [1.165, 1.54) is 10.4 Å². The van der Waals surface area contributed by atoms with E-state index < -0.39 is 0 Å². The van der Waals surface area contributed by atoms with Gasteiger partial charge in [-0.05, 0) is 24.1 Å². The van der Waals surface area contributed by atoms with Gasteiger partial charge in [0.2, 0.25) is 0 Å². The molecule has 1 aliphatic heterocycles. The Labute approximate surface area is 112 Å². The molecule has 2 heterocycles. The Morgan fingerprint density at radius 3 is 3.00 bits per heavy atom. The summed E-state index contributed by atoms with van der Waals surface area (Å²) in [6.07, 6.45) is 0. The first kappa shape index (κ1) is 11.8. The molecule has 2 nitrogen and oxygen atoms in total. The minimum atomic E-state index is 0.360. The van der Waals surface area contributed by atoms with Gasteiger partial charge in [-0.15, -0.1) is 11.3 Å². The number of ether oxygens (including phenoxy) is 1. The highest BCUT2D eigenvalue weighted by Gasteiger charge is 2.32. The monoisotopic (exact) mass is 259 g/mol. The normalized spacial score (nSPS) is 19.3. The molecule has 1 aromatic carbocycles. The Bertz CT molecular complexity index is 507. The fourth-order valence-electron chi connectivity index (χ4n) is 2.59. The van der Waals surface area contributed by atoms with E-state index in [9.17, 15) is 0 Å². The molecule has 0 bridgehead atoms. The standard InChI is InChI=1S/C15H17NOS/c1-2-16-15(14-8-5-9-18-14)12-10-17-13-7-4-3-6-11(12)13/h3-9,12,15-16H,2,10H2,1H3. The SMILES string of the molecule is CCNC(c1cccs1)C1COc2ccccc21. The van der Waals surface area contributed by atoms with Crippen molar-refractivity contribution in [2.45, 2.75) is 18.9 Å². The zero-order valence-electron chi connectivity index (χ0n) is 10.4. The first-order valence-electron chi connectivity index (χ1n) is 6.38. The van der Waals surface area contributed by atoms with E-state index in [2.05, 4.69) is 48.0 Å². The number of hydrogen-bond acceptors (Lipinski definition) is 3. The van der Waals surface area contributed by atoms with Crippen molar-refractivity contribution < 1.29 is 4.74 Å². The van der Waals surface area contributed by atoms with Gasteiger partial charge in [-0.1, -0.05) is 31.2 Å². The third-order valence-electron chi connectivity index (χ3n) is 3.41. The van der Waals surface area contributed by atoms with Crippen LogP contribution in [0.4, 0.5) is 0 Å². The lowest BCUT2D eigenvalue weighted by Gasteiger charge is -2.22. The largest absolute Gasteiger partial charge is 0.493 e. The summed E-state index contributed by atoms with van der Waals surface area (Å²) < 4.78 is 5.80. The van der Waals surface area contributed by atoms with Crippen LogP contribution in [0, 0.1) is 0 Å². The fraction of sp³-hybridized carbons (Fsp3) is 0.333. The highest BCUT2D eigenvalue weighted by molar-refractivity contribution is 7.10. The summed E-state index contributed by atoms with van der Waals surface area (Å²) in [6.45, 7) is 3.90. The Kier molecular flexibility index (Phi) is 3.35. The lowest BCUT2D eigenvalue weighted by Crippen LogP contribution is -2.27. The van der Waals surface area contributed by atoms with Crippen LogP contribution in [0.3, 0.4) is 0 Å². The van der Waals surface area contributed by atoms with E-state index in [1.807, 2.05) is 17.4 Å². The van der Waals surface area contributed by atoms with Crippen LogP contribution in [-0.2, 0) is 0 Å². The maximum atomic E-state index is 5.80. The summed E-state index contributed by atoms with van der Waals surface area (Å²) in [5, 5.41) is 5.74. The van der Waals surface area contributed by atoms with Gasteiger partial charge in [0.25, 0.3) is 0 Å². The molecule has 0 saturated carbocycles. The number of benzene rings is 1. The van der Waals surface area contributed by atoms with E-state index in [-0.39, 0.29) is 0 Å². The summed E-state index contributed by atoms with van der Waals surface area (Å²) in [7, 11) is 0. The van der Waals surface area contributed by atoms with E-state index in [1.54, 1.807) is 0 Å². The molecule has 2 aromatic rings. The molecule has 94 valence electrons. The van der Waals surface area contributed by atoms with Crippen molar-refractivity contribution in [3.05, 3.63) is 52.2 Å². The maximum Gasteiger partial charge on any atom is 0.122 e. The van der Waals surface area contributed by atoms with E-state index in [4.69, 9.17) is 4.74 Å². The van der Waals surface area contributed by atoms with E-state index >= 15 is 0 Å². The molecule has 0 saturated heterocycles. The number of rotatable bonds is 4. The van der Waals surface area contributed by atoms with Crippen molar-refractivity contribution in [1.82, 2.24) is 5.32 Å². The van der Waals surface area contributed by atoms with Crippen molar-refractivity contribution in [2.24, 2.45) is 0 Å². The van der Waals surface area contributed by atoms with Gasteiger partial charge < -0.3 is 10.1 Å². The predicted octanol–water partition coefficient (Wildman–Crippen LogP) is 3.57. The minimum absolute atomic E-state index is 0.360. The lowest BCUT2D eigenvalue weighted by atomic mass is 9.92. The number of hydrogen-bond donors (Lipinski definition) is 1. The number of thiophene rings is 1. The van der Waals surface area contributed by atoms with Crippen molar-refractivity contribution in [2.75, 3.05) is 13.2 Å². The van der Waals surface area contributed by atoms with Crippen molar-refractivity contribution in [1.29, 1.82) is 0 Å². The molecular weight excluding hydrogens is 242 g/mol. The average molecular weight is 259 g/mol. The number of nitrogens with one attached hydrogen (secondary N) is 1. The molecule has 3 heteroatoms. The summed E-state index contributed by atoms with van der Waals surface area (Å²) in [4.78, 5) is 1.39. The maximum absolute atomic E-state index is 5.80. The van der Waals surface area contributed by atoms with Crippen LogP contribution < -0.4 is 10.1 Å². The molecule has 1 aliphatic rings. The molecule has 0 radical (unpaired) electrons. The van der Waals surface area contributed by atoms with Gasteiger partial charge in [-0.25, -0.2) is 0 Å². The highest BCUT2D eigenvalue weighted by atomic mass is 32.1. The molecule has 2 atom stereocenters. The summed E-state index contributed by atoms with van der Waals surface area (Å²) in [5.74, 6) is 1.46. The molecule has 2 unspecified atom stereocenters. The number of para-hydroxylation sites is 1. The second-order valence-corrected chi connectivity index (χ2v) is 5.49. The Hall–Kier alpha value is -1.32. The van der Waals surface area contributed by atoms with Crippen LogP contribution in [0.1, 0.15) is 29.3 Å². The summed E-state index contributed by atoms with van der Waals surface area (Å²) >= 11 is 1.81. The van der Waals surface area contributed by atoms with Gasteiger partial charge in [0.05, 0.1) is 12.6 Å². The number of fused-ring (bicyclic) bond motifs is 1. The Morgan fingerprint density at radius 1 is 1.33 bits per heavy atom. The van der Waals surface area contributed by atoms with Crippen molar-refractivity contribution >= 4 is 11.3 Å². The molecule has 0 spiro atoms. The second-order valence-electron chi connectivity index (χ2n) is 4.51. The van der Waals surface area contributed by atoms with E-state index in [0.717, 1.165) is 18.9 Å². The Balaban J connectivity index is 1.93. The molecular formula is C15H17NOS. The zero-order valence-corrected chi connectivity index (χ0v) is 11.2. The van der Waals surface area contributed by atoms with Crippen LogP contribution in [-0.4, -0.2) is 13.2 Å². The third kappa shape index (κ3) is 2.04. The Morgan fingerprint density at radius 2 is 2.22 bits per heavy atom. The van der Waals surface area contributed by atoms with Crippen molar-refractivity contribution in [3.63, 3.8) is 0 Å². The summed E-state index contributed by atoms with van der Waals surface area (Å²) in [5.41, 5.74) is 1.33. The van der Waals surface area contributed by atoms with Gasteiger partial charge in [-0.3, -0.25) is 0 Å². The second kappa shape index (κ2) is 5.12. The molecule has 0 aliphatic carbocycles. The minimum Gasteiger partial charge on any atom is -0.493 e. The topological polar surface area (TPSA) is 21.3 Å². The zero-order chi connectivity index (χ0) is 12.4. The predicted molar refractivity (Wildman–Crippen MR) is 75.4 cm³/mol. The average Bonchev–Trinajstić information content (AvgIpc) is 3.06. The van der Waals surface area contributed by atoms with Gasteiger partial charge >= 0.3 is 0 Å². The molecule has 18 heavy (non-hydrogen) atoms. The van der Waals surface area contributed by atoms with Gasteiger partial charge in [0.1, 0.15) is 5.75 Å². The van der Waals surface area contributed by atoms with E-state index in [0.29, 0.717) is 12.0 Å². The molecule has 3 rings (SSSR count). The van der Waals surface area contributed by atoms with Crippen molar-refractivity contribution in [3.8, 4) is 5.75 Å². The first-order chi connectivity index (χ1) is 8.90. The smallest absolute Gasteiger partial charge is 0.122 e. The summed E-state index contributed by atoms with van der Waals surface area (Å²) in [6, 6.07) is 13.1.